The molecule has 0 aliphatic rings. The van der Waals surface area contributed by atoms with Crippen molar-refractivity contribution in [1.29, 1.82) is 0 Å². The van der Waals surface area contributed by atoms with Crippen LogP contribution in [-0.4, -0.2) is 20.9 Å². The number of nitrogens with zero attached hydrogens (tertiary/aromatic N) is 1. The Balaban J connectivity index is 2.36. The van der Waals surface area contributed by atoms with E-state index < -0.39 is 0 Å². The zero-order chi connectivity index (χ0) is 12.4. The average molecular weight is 251 g/mol. The van der Waals surface area contributed by atoms with Crippen LogP contribution in [0.3, 0.4) is 0 Å². The van der Waals surface area contributed by atoms with Gasteiger partial charge in [0.25, 0.3) is 0 Å². The Kier molecular flexibility index (Phi) is 3.14. The van der Waals surface area contributed by atoms with Crippen molar-refractivity contribution in [2.75, 3.05) is 0 Å². The molecule has 5 nitrogen and oxygen atoms in total. The monoisotopic (exact) mass is 251 g/mol. The number of H-pyrrole nitrogens is 2. The van der Waals surface area contributed by atoms with E-state index in [0.29, 0.717) is 10.5 Å². The van der Waals surface area contributed by atoms with Gasteiger partial charge in [0.2, 0.25) is 4.77 Å². The van der Waals surface area contributed by atoms with Gasteiger partial charge in [-0.3, -0.25) is 5.10 Å². The van der Waals surface area contributed by atoms with Gasteiger partial charge >= 0.3 is 5.69 Å². The molecule has 1 aromatic heterocycles. The fourth-order valence-electron chi connectivity index (χ4n) is 1.49. The lowest BCUT2D eigenvalue weighted by Gasteiger charge is -2.09. The van der Waals surface area contributed by atoms with E-state index in [1.54, 1.807) is 12.1 Å². The van der Waals surface area contributed by atoms with Gasteiger partial charge in [-0.15, -0.1) is 0 Å². The average Bonchev–Trinajstić information content (AvgIpc) is 2.59. The van der Waals surface area contributed by atoms with Crippen molar-refractivity contribution in [3.63, 3.8) is 0 Å². The second kappa shape index (κ2) is 4.58. The Hall–Kier alpha value is -1.82. The van der Waals surface area contributed by atoms with Gasteiger partial charge in [0, 0.05) is 0 Å². The highest BCUT2D eigenvalue weighted by molar-refractivity contribution is 7.71. The molecule has 0 aliphatic carbocycles. The minimum atomic E-state index is -0.285. The van der Waals surface area contributed by atoms with Gasteiger partial charge in [0.05, 0.1) is 11.8 Å². The molecular weight excluding hydrogens is 238 g/mol. The lowest BCUT2D eigenvalue weighted by Crippen LogP contribution is -2.14. The molecule has 0 bridgehead atoms. The number of aromatic amines is 2. The van der Waals surface area contributed by atoms with Crippen LogP contribution in [0.15, 0.2) is 29.1 Å². The van der Waals surface area contributed by atoms with Crippen LogP contribution in [0.5, 0.6) is 5.75 Å². The highest BCUT2D eigenvalue weighted by atomic mass is 32.1. The normalized spacial score (nSPS) is 10.8. The molecule has 2 rings (SSSR count). The van der Waals surface area contributed by atoms with Gasteiger partial charge < -0.3 is 4.74 Å². The van der Waals surface area contributed by atoms with Crippen molar-refractivity contribution in [2.24, 2.45) is 0 Å². The van der Waals surface area contributed by atoms with Crippen molar-refractivity contribution in [3.05, 3.63) is 39.5 Å². The Labute approximate surface area is 103 Å². The van der Waals surface area contributed by atoms with Crippen molar-refractivity contribution in [1.82, 2.24) is 14.8 Å². The van der Waals surface area contributed by atoms with E-state index in [1.807, 2.05) is 26.0 Å². The fraction of sp³-hybridized carbons (Fsp3) is 0.273. The van der Waals surface area contributed by atoms with Crippen LogP contribution in [0.4, 0.5) is 0 Å². The molecule has 0 unspecified atom stereocenters. The Morgan fingerprint density at radius 2 is 1.88 bits per heavy atom. The predicted molar refractivity (Wildman–Crippen MR) is 67.3 cm³/mol. The molecule has 0 fully saturated rings. The Morgan fingerprint density at radius 3 is 2.35 bits per heavy atom. The summed E-state index contributed by atoms with van der Waals surface area (Å²) < 4.78 is 7.24. The molecule has 0 saturated carbocycles. The molecule has 1 heterocycles. The Morgan fingerprint density at radius 1 is 1.24 bits per heavy atom. The SMILES string of the molecule is CC(C)Oc1ccc(-n2c(=O)[nH][nH]c2=S)cc1. The van der Waals surface area contributed by atoms with Crippen LogP contribution >= 0.6 is 12.2 Å². The topological polar surface area (TPSA) is 62.8 Å². The van der Waals surface area contributed by atoms with Crippen LogP contribution in [0, 0.1) is 4.77 Å². The highest BCUT2D eigenvalue weighted by Crippen LogP contribution is 2.15. The number of ether oxygens (including phenoxy) is 1. The van der Waals surface area contributed by atoms with E-state index in [4.69, 9.17) is 17.0 Å². The Bertz CT molecular complexity index is 579. The maximum absolute atomic E-state index is 11.5. The molecule has 0 spiro atoms. The second-order valence-electron chi connectivity index (χ2n) is 3.86. The standard InChI is InChI=1S/C11H13N3O2S/c1-7(2)16-9-5-3-8(4-6-9)14-10(15)12-13-11(14)17/h3-7H,1-2H3,(H,12,15)(H,13,17). The molecule has 0 aliphatic heterocycles. The summed E-state index contributed by atoms with van der Waals surface area (Å²) in [4.78, 5) is 11.5. The third kappa shape index (κ3) is 2.47. The van der Waals surface area contributed by atoms with E-state index in [2.05, 4.69) is 10.2 Å². The maximum Gasteiger partial charge on any atom is 0.347 e. The van der Waals surface area contributed by atoms with Crippen molar-refractivity contribution in [2.45, 2.75) is 20.0 Å². The molecule has 0 saturated heterocycles. The molecular formula is C11H13N3O2S. The smallest absolute Gasteiger partial charge is 0.347 e. The van der Waals surface area contributed by atoms with Crippen LogP contribution < -0.4 is 10.4 Å². The predicted octanol–water partition coefficient (Wildman–Crippen LogP) is 2.01. The first-order chi connectivity index (χ1) is 8.08. The molecule has 0 atom stereocenters. The minimum Gasteiger partial charge on any atom is -0.491 e. The molecule has 17 heavy (non-hydrogen) atoms. The summed E-state index contributed by atoms with van der Waals surface area (Å²) in [7, 11) is 0. The van der Waals surface area contributed by atoms with Gasteiger partial charge in [-0.25, -0.2) is 14.5 Å². The van der Waals surface area contributed by atoms with Gasteiger partial charge in [-0.1, -0.05) is 0 Å². The van der Waals surface area contributed by atoms with Crippen molar-refractivity contribution in [3.8, 4) is 11.4 Å². The van der Waals surface area contributed by atoms with Gasteiger partial charge in [-0.2, -0.15) is 0 Å². The summed E-state index contributed by atoms with van der Waals surface area (Å²) in [5, 5.41) is 5.02. The first-order valence-corrected chi connectivity index (χ1v) is 5.65. The molecule has 2 aromatic rings. The quantitative estimate of drug-likeness (QED) is 0.820. The number of rotatable bonds is 3. The van der Waals surface area contributed by atoms with E-state index in [1.165, 1.54) is 4.57 Å². The summed E-state index contributed by atoms with van der Waals surface area (Å²) >= 11 is 5.00. The van der Waals surface area contributed by atoms with Crippen molar-refractivity contribution < 1.29 is 4.74 Å². The summed E-state index contributed by atoms with van der Waals surface area (Å²) in [6, 6.07) is 7.19. The van der Waals surface area contributed by atoms with Crippen LogP contribution in [-0.2, 0) is 0 Å². The minimum absolute atomic E-state index is 0.124. The van der Waals surface area contributed by atoms with Gasteiger partial charge in [0.15, 0.2) is 0 Å². The number of nitrogens with one attached hydrogen (secondary N) is 2. The molecule has 0 radical (unpaired) electrons. The molecule has 1 aromatic carbocycles. The third-order valence-electron chi connectivity index (χ3n) is 2.15. The number of benzene rings is 1. The molecule has 6 heteroatoms. The van der Waals surface area contributed by atoms with Crippen LogP contribution in [0.2, 0.25) is 0 Å². The zero-order valence-electron chi connectivity index (χ0n) is 9.56. The van der Waals surface area contributed by atoms with E-state index in [9.17, 15) is 4.79 Å². The summed E-state index contributed by atoms with van der Waals surface area (Å²) in [5.74, 6) is 0.766. The first-order valence-electron chi connectivity index (χ1n) is 5.24. The largest absolute Gasteiger partial charge is 0.491 e. The second-order valence-corrected chi connectivity index (χ2v) is 4.24. The lowest BCUT2D eigenvalue weighted by molar-refractivity contribution is 0.242. The number of hydrogen-bond acceptors (Lipinski definition) is 3. The van der Waals surface area contributed by atoms with Gasteiger partial charge in [-0.05, 0) is 50.3 Å². The maximum atomic E-state index is 11.5. The zero-order valence-corrected chi connectivity index (χ0v) is 10.4. The highest BCUT2D eigenvalue weighted by Gasteiger charge is 2.04. The van der Waals surface area contributed by atoms with Gasteiger partial charge in [0.1, 0.15) is 5.75 Å². The molecule has 0 amide bonds. The summed E-state index contributed by atoms with van der Waals surface area (Å²) in [6.07, 6.45) is 0.124. The molecule has 2 N–H and O–H groups in total. The van der Waals surface area contributed by atoms with E-state index in [0.717, 1.165) is 5.75 Å². The summed E-state index contributed by atoms with van der Waals surface area (Å²) in [6.45, 7) is 3.92. The van der Waals surface area contributed by atoms with E-state index in [-0.39, 0.29) is 11.8 Å². The van der Waals surface area contributed by atoms with Crippen LogP contribution in [0.25, 0.3) is 5.69 Å². The van der Waals surface area contributed by atoms with Crippen molar-refractivity contribution >= 4 is 12.2 Å². The lowest BCUT2D eigenvalue weighted by atomic mass is 10.3. The number of hydrogen-bond donors (Lipinski definition) is 2. The number of aromatic nitrogens is 3. The fourth-order valence-corrected chi connectivity index (χ4v) is 1.73. The third-order valence-corrected chi connectivity index (χ3v) is 2.43. The summed E-state index contributed by atoms with van der Waals surface area (Å²) in [5.41, 5.74) is 0.418. The van der Waals surface area contributed by atoms with Crippen LogP contribution in [0.1, 0.15) is 13.8 Å². The first kappa shape index (κ1) is 11.7. The van der Waals surface area contributed by atoms with E-state index >= 15 is 0 Å². The molecule has 90 valence electrons.